The van der Waals surface area contributed by atoms with Gasteiger partial charge in [0.25, 0.3) is 5.91 Å². The molecule has 0 saturated carbocycles. The van der Waals surface area contributed by atoms with Crippen molar-refractivity contribution < 1.29 is 19.0 Å². The number of benzene rings is 2. The molecule has 1 heterocycles. The number of hydrogen-bond acceptors (Lipinski definition) is 6. The highest BCUT2D eigenvalue weighted by molar-refractivity contribution is 7.83. The van der Waals surface area contributed by atoms with Crippen molar-refractivity contribution in [2.75, 3.05) is 47.0 Å². The van der Waals surface area contributed by atoms with E-state index in [0.29, 0.717) is 37.6 Å². The van der Waals surface area contributed by atoms with Crippen LogP contribution < -0.4 is 14.2 Å². The first kappa shape index (κ1) is 26.7. The first-order valence-electron chi connectivity index (χ1n) is 11.9. The number of hydrogen-bond donors (Lipinski definition) is 1. The number of carbonyl (C=O) groups is 1. The molecule has 0 aliphatic carbocycles. The van der Waals surface area contributed by atoms with Crippen molar-refractivity contribution in [2.24, 2.45) is 0 Å². The van der Waals surface area contributed by atoms with E-state index in [0.717, 1.165) is 35.6 Å². The predicted octanol–water partition coefficient (Wildman–Crippen LogP) is 5.16. The summed E-state index contributed by atoms with van der Waals surface area (Å²) < 4.78 is 17.4. The lowest BCUT2D eigenvalue weighted by Crippen LogP contribution is -2.39. The van der Waals surface area contributed by atoms with E-state index in [9.17, 15) is 4.79 Å². The van der Waals surface area contributed by atoms with Crippen molar-refractivity contribution in [1.29, 1.82) is 0 Å². The molecule has 6 nitrogen and oxygen atoms in total. The molecule has 1 aliphatic rings. The van der Waals surface area contributed by atoms with Crippen molar-refractivity contribution in [2.45, 2.75) is 26.3 Å². The molecule has 2 aromatic carbocycles. The van der Waals surface area contributed by atoms with E-state index in [-0.39, 0.29) is 11.9 Å². The van der Waals surface area contributed by atoms with Crippen LogP contribution in [0, 0.1) is 0 Å². The van der Waals surface area contributed by atoms with Crippen molar-refractivity contribution in [3.8, 4) is 17.2 Å². The molecule has 0 aromatic heterocycles. The number of amides is 1. The molecule has 1 unspecified atom stereocenters. The Balaban J connectivity index is 1.83. The second-order valence-corrected chi connectivity index (χ2v) is 8.73. The van der Waals surface area contributed by atoms with Crippen LogP contribution in [0.5, 0.6) is 17.2 Å². The van der Waals surface area contributed by atoms with Gasteiger partial charge in [0.1, 0.15) is 12.4 Å². The zero-order valence-electron chi connectivity index (χ0n) is 21.1. The van der Waals surface area contributed by atoms with Crippen LogP contribution in [-0.2, 0) is 6.42 Å². The Hall–Kier alpha value is -2.90. The van der Waals surface area contributed by atoms with Crippen LogP contribution in [0.25, 0.3) is 0 Å². The van der Waals surface area contributed by atoms with Gasteiger partial charge in [-0.25, -0.2) is 0 Å². The topological polar surface area (TPSA) is 51.2 Å². The van der Waals surface area contributed by atoms with Gasteiger partial charge in [-0.05, 0) is 78.8 Å². The normalized spacial score (nSPS) is 15.5. The fraction of sp³-hybridized carbons (Fsp3) is 0.393. The number of thiol groups is 1. The molecular formula is C28H36N2O4S. The van der Waals surface area contributed by atoms with E-state index in [1.165, 1.54) is 5.56 Å². The summed E-state index contributed by atoms with van der Waals surface area (Å²) in [6, 6.07) is 11.5. The molecule has 7 heteroatoms. The second-order valence-electron chi connectivity index (χ2n) is 8.43. The van der Waals surface area contributed by atoms with Gasteiger partial charge in [0.15, 0.2) is 11.5 Å². The van der Waals surface area contributed by atoms with Gasteiger partial charge >= 0.3 is 0 Å². The summed E-state index contributed by atoms with van der Waals surface area (Å²) >= 11 is 4.19. The fourth-order valence-corrected chi connectivity index (χ4v) is 4.66. The fourth-order valence-electron chi connectivity index (χ4n) is 4.45. The number of ether oxygens (including phenoxy) is 3. The van der Waals surface area contributed by atoms with Crippen LogP contribution in [0.4, 0.5) is 0 Å². The summed E-state index contributed by atoms with van der Waals surface area (Å²) in [6.45, 7) is 11.5. The van der Waals surface area contributed by atoms with Gasteiger partial charge in [-0.2, -0.15) is 12.6 Å². The van der Waals surface area contributed by atoms with Crippen LogP contribution >= 0.6 is 12.6 Å². The van der Waals surface area contributed by atoms with E-state index >= 15 is 0 Å². The van der Waals surface area contributed by atoms with Crippen LogP contribution in [0.1, 0.15) is 41.4 Å². The summed E-state index contributed by atoms with van der Waals surface area (Å²) in [6.07, 6.45) is 2.81. The Bertz CT molecular complexity index is 1050. The van der Waals surface area contributed by atoms with Crippen molar-refractivity contribution in [1.82, 2.24) is 9.80 Å². The SMILES string of the molecule is C=C(/C=C\S)CN1CCc2cc(OC)c(OC)cc2C1COc1ccc(C(=O)N(CC)CC)cc1. The van der Waals surface area contributed by atoms with Crippen molar-refractivity contribution >= 4 is 18.5 Å². The summed E-state index contributed by atoms with van der Waals surface area (Å²) in [5.74, 6) is 2.19. The third-order valence-electron chi connectivity index (χ3n) is 6.39. The van der Waals surface area contributed by atoms with Crippen LogP contribution in [-0.4, -0.2) is 62.7 Å². The predicted molar refractivity (Wildman–Crippen MR) is 144 cm³/mol. The zero-order chi connectivity index (χ0) is 25.4. The van der Waals surface area contributed by atoms with Crippen molar-refractivity contribution in [3.05, 3.63) is 76.7 Å². The summed E-state index contributed by atoms with van der Waals surface area (Å²) in [5, 5.41) is 1.71. The third kappa shape index (κ3) is 6.41. The molecular weight excluding hydrogens is 460 g/mol. The van der Waals surface area contributed by atoms with E-state index in [4.69, 9.17) is 14.2 Å². The van der Waals surface area contributed by atoms with E-state index in [2.05, 4.69) is 36.2 Å². The first-order chi connectivity index (χ1) is 16.9. The molecule has 2 aromatic rings. The molecule has 1 atom stereocenters. The van der Waals surface area contributed by atoms with Gasteiger partial charge < -0.3 is 19.1 Å². The van der Waals surface area contributed by atoms with Crippen LogP contribution in [0.2, 0.25) is 0 Å². The molecule has 1 aliphatic heterocycles. The second kappa shape index (κ2) is 12.7. The number of rotatable bonds is 11. The standard InChI is InChI=1S/C28H36N2O4S/c1-6-29(7-2)28(31)21-8-10-23(11-9-21)34-19-25-24-17-27(33-5)26(32-4)16-22(24)12-14-30(25)18-20(3)13-15-35/h8-11,13,15-17,25,35H,3,6-7,12,14,18-19H2,1-2,4-5H3/b15-13-. The maximum absolute atomic E-state index is 12.6. The van der Waals surface area contributed by atoms with Gasteiger partial charge in [0.2, 0.25) is 0 Å². The minimum Gasteiger partial charge on any atom is -0.493 e. The molecule has 0 saturated heterocycles. The highest BCUT2D eigenvalue weighted by atomic mass is 32.1. The minimum atomic E-state index is 0.000561. The van der Waals surface area contributed by atoms with Gasteiger partial charge in [0.05, 0.1) is 20.3 Å². The van der Waals surface area contributed by atoms with Gasteiger partial charge in [-0.15, -0.1) is 0 Å². The number of nitrogens with zero attached hydrogens (tertiary/aromatic N) is 2. The monoisotopic (exact) mass is 496 g/mol. The highest BCUT2D eigenvalue weighted by Crippen LogP contribution is 2.38. The lowest BCUT2D eigenvalue weighted by Gasteiger charge is -2.37. The Morgan fingerprint density at radius 3 is 2.40 bits per heavy atom. The van der Waals surface area contributed by atoms with E-state index < -0.39 is 0 Å². The zero-order valence-corrected chi connectivity index (χ0v) is 22.0. The van der Waals surface area contributed by atoms with Gasteiger partial charge in [-0.1, -0.05) is 12.7 Å². The quantitative estimate of drug-likeness (QED) is 0.344. The summed E-state index contributed by atoms with van der Waals surface area (Å²) in [7, 11) is 3.30. The summed E-state index contributed by atoms with van der Waals surface area (Å²) in [5.41, 5.74) is 4.03. The highest BCUT2D eigenvalue weighted by Gasteiger charge is 2.30. The van der Waals surface area contributed by atoms with Crippen molar-refractivity contribution in [3.63, 3.8) is 0 Å². The molecule has 35 heavy (non-hydrogen) atoms. The minimum absolute atomic E-state index is 0.000561. The van der Waals surface area contributed by atoms with Gasteiger partial charge in [-0.3, -0.25) is 9.69 Å². The molecule has 0 spiro atoms. The molecule has 188 valence electrons. The van der Waals surface area contributed by atoms with E-state index in [1.807, 2.05) is 44.2 Å². The molecule has 0 radical (unpaired) electrons. The average Bonchev–Trinajstić information content (AvgIpc) is 2.88. The average molecular weight is 497 g/mol. The summed E-state index contributed by atoms with van der Waals surface area (Å²) in [4.78, 5) is 16.8. The smallest absolute Gasteiger partial charge is 0.253 e. The molecule has 0 N–H and O–H groups in total. The maximum Gasteiger partial charge on any atom is 0.253 e. The number of fused-ring (bicyclic) bond motifs is 1. The number of methoxy groups -OCH3 is 2. The lowest BCUT2D eigenvalue weighted by atomic mass is 9.91. The molecule has 0 bridgehead atoms. The first-order valence-corrected chi connectivity index (χ1v) is 12.5. The Morgan fingerprint density at radius 2 is 1.80 bits per heavy atom. The Kier molecular flexibility index (Phi) is 9.69. The third-order valence-corrected chi connectivity index (χ3v) is 6.54. The van der Waals surface area contributed by atoms with Crippen LogP contribution in [0.3, 0.4) is 0 Å². The lowest BCUT2D eigenvalue weighted by molar-refractivity contribution is 0.0773. The Morgan fingerprint density at radius 1 is 1.14 bits per heavy atom. The number of carbonyl (C=O) groups excluding carboxylic acids is 1. The van der Waals surface area contributed by atoms with E-state index in [1.54, 1.807) is 24.5 Å². The maximum atomic E-state index is 12.6. The molecule has 1 amide bonds. The molecule has 0 fully saturated rings. The van der Waals surface area contributed by atoms with Gasteiger partial charge in [0, 0.05) is 31.7 Å². The molecule has 3 rings (SSSR count). The largest absolute Gasteiger partial charge is 0.493 e. The van der Waals surface area contributed by atoms with Crippen LogP contribution in [0.15, 0.2) is 60.0 Å². The Labute approximate surface area is 214 Å².